The maximum Gasteiger partial charge on any atom is 0.416 e. The van der Waals surface area contributed by atoms with Gasteiger partial charge >= 0.3 is 6.18 Å². The predicted octanol–water partition coefficient (Wildman–Crippen LogP) is 10.3. The number of alkyl halides is 3. The number of halogens is 3. The molecule has 0 aromatic heterocycles. The second kappa shape index (κ2) is 9.28. The van der Waals surface area contributed by atoms with Crippen molar-refractivity contribution < 1.29 is 13.2 Å². The third kappa shape index (κ3) is 5.11. The van der Waals surface area contributed by atoms with E-state index in [2.05, 4.69) is 41.5 Å². The predicted molar refractivity (Wildman–Crippen MR) is 145 cm³/mol. The summed E-state index contributed by atoms with van der Waals surface area (Å²) in [6.07, 6.45) is -4.48. The zero-order chi connectivity index (χ0) is 26.3. The van der Waals surface area contributed by atoms with E-state index in [9.17, 15) is 13.2 Å². The molecule has 0 N–H and O–H groups in total. The van der Waals surface area contributed by atoms with Crippen LogP contribution >= 0.6 is 0 Å². The number of rotatable bonds is 3. The third-order valence-electron chi connectivity index (χ3n) is 6.58. The highest BCUT2D eigenvalue weighted by Crippen LogP contribution is 2.48. The quantitative estimate of drug-likeness (QED) is 0.270. The lowest BCUT2D eigenvalue weighted by molar-refractivity contribution is -0.137. The summed E-state index contributed by atoms with van der Waals surface area (Å²) >= 11 is 0. The van der Waals surface area contributed by atoms with Crippen molar-refractivity contribution in [2.24, 2.45) is 0 Å². The highest BCUT2D eigenvalue weighted by Gasteiger charge is 2.34. The van der Waals surface area contributed by atoms with E-state index in [0.717, 1.165) is 33.4 Å². The van der Waals surface area contributed by atoms with Gasteiger partial charge in [-0.2, -0.15) is 13.2 Å². The van der Waals surface area contributed by atoms with Crippen LogP contribution in [0.15, 0.2) is 91.0 Å². The molecule has 4 aromatic rings. The molecule has 0 atom stereocenters. The molecular formula is C33H33F3. The van der Waals surface area contributed by atoms with Crippen LogP contribution in [0.1, 0.15) is 58.2 Å². The molecule has 0 spiro atoms. The molecule has 0 saturated carbocycles. The Balaban J connectivity index is 2.23. The summed E-state index contributed by atoms with van der Waals surface area (Å²) in [7, 11) is 0. The van der Waals surface area contributed by atoms with Gasteiger partial charge in [0.05, 0.1) is 5.56 Å². The summed E-state index contributed by atoms with van der Waals surface area (Å²) in [6, 6.07) is 28.1. The monoisotopic (exact) mass is 486 g/mol. The molecule has 0 radical (unpaired) electrons. The van der Waals surface area contributed by atoms with E-state index in [1.54, 1.807) is 0 Å². The van der Waals surface area contributed by atoms with Crippen molar-refractivity contribution in [2.45, 2.75) is 58.5 Å². The van der Waals surface area contributed by atoms with Crippen molar-refractivity contribution >= 4 is 0 Å². The SMILES string of the molecule is CC(C)(C)c1ccccc1-c1cc(C(F)(F)F)cc(-c2ccccc2C(C)(C)C)c1-c1ccccc1. The first kappa shape index (κ1) is 25.8. The fourth-order valence-electron chi connectivity index (χ4n) is 4.89. The van der Waals surface area contributed by atoms with E-state index in [-0.39, 0.29) is 10.8 Å². The van der Waals surface area contributed by atoms with Gasteiger partial charge < -0.3 is 0 Å². The first-order chi connectivity index (χ1) is 16.8. The van der Waals surface area contributed by atoms with Gasteiger partial charge in [-0.3, -0.25) is 0 Å². The third-order valence-corrected chi connectivity index (χ3v) is 6.58. The maximum atomic E-state index is 14.4. The summed E-state index contributed by atoms with van der Waals surface area (Å²) in [6.45, 7) is 12.6. The summed E-state index contributed by atoms with van der Waals surface area (Å²) in [5, 5.41) is 0. The molecule has 186 valence electrons. The largest absolute Gasteiger partial charge is 0.416 e. The van der Waals surface area contributed by atoms with Gasteiger partial charge in [0.25, 0.3) is 0 Å². The van der Waals surface area contributed by atoms with Gasteiger partial charge in [0.1, 0.15) is 0 Å². The van der Waals surface area contributed by atoms with E-state index in [1.807, 2.05) is 78.9 Å². The van der Waals surface area contributed by atoms with Gasteiger partial charge in [0.15, 0.2) is 0 Å². The van der Waals surface area contributed by atoms with E-state index in [0.29, 0.717) is 11.1 Å². The second-order valence-electron chi connectivity index (χ2n) is 11.4. The summed E-state index contributed by atoms with van der Waals surface area (Å²) in [5.41, 5.74) is 5.44. The van der Waals surface area contributed by atoms with Crippen molar-refractivity contribution in [1.82, 2.24) is 0 Å². The van der Waals surface area contributed by atoms with Crippen molar-refractivity contribution in [3.63, 3.8) is 0 Å². The van der Waals surface area contributed by atoms with E-state index < -0.39 is 11.7 Å². The van der Waals surface area contributed by atoms with Gasteiger partial charge in [-0.05, 0) is 67.5 Å². The van der Waals surface area contributed by atoms with Gasteiger partial charge in [-0.25, -0.2) is 0 Å². The van der Waals surface area contributed by atoms with Crippen molar-refractivity contribution in [3.05, 3.63) is 108 Å². The van der Waals surface area contributed by atoms with Crippen LogP contribution in [0.5, 0.6) is 0 Å². The molecular weight excluding hydrogens is 453 g/mol. The first-order valence-electron chi connectivity index (χ1n) is 12.3. The molecule has 0 heterocycles. The van der Waals surface area contributed by atoms with Gasteiger partial charge in [0, 0.05) is 0 Å². The minimum Gasteiger partial charge on any atom is -0.166 e. The molecule has 0 bridgehead atoms. The number of hydrogen-bond donors (Lipinski definition) is 0. The lowest BCUT2D eigenvalue weighted by Gasteiger charge is -2.28. The molecule has 0 aliphatic rings. The average molecular weight is 487 g/mol. The van der Waals surface area contributed by atoms with Crippen LogP contribution in [-0.2, 0) is 17.0 Å². The molecule has 0 unspecified atom stereocenters. The summed E-state index contributed by atoms with van der Waals surface area (Å²) < 4.78 is 43.1. The molecule has 4 rings (SSSR count). The summed E-state index contributed by atoms with van der Waals surface area (Å²) in [4.78, 5) is 0. The van der Waals surface area contributed by atoms with Crippen LogP contribution in [-0.4, -0.2) is 0 Å². The van der Waals surface area contributed by atoms with Gasteiger partial charge in [0.2, 0.25) is 0 Å². The maximum absolute atomic E-state index is 14.4. The molecule has 0 aliphatic carbocycles. The van der Waals surface area contributed by atoms with Crippen molar-refractivity contribution in [2.75, 3.05) is 0 Å². The Hall–Kier alpha value is -3.33. The molecule has 0 saturated heterocycles. The Bertz CT molecular complexity index is 1290. The Labute approximate surface area is 212 Å². The van der Waals surface area contributed by atoms with E-state index >= 15 is 0 Å². The van der Waals surface area contributed by atoms with E-state index in [4.69, 9.17) is 0 Å². The zero-order valence-electron chi connectivity index (χ0n) is 21.8. The van der Waals surface area contributed by atoms with Crippen LogP contribution in [0.3, 0.4) is 0 Å². The Morgan fingerprint density at radius 1 is 0.472 bits per heavy atom. The topological polar surface area (TPSA) is 0 Å². The molecule has 0 aliphatic heterocycles. The molecule has 0 fully saturated rings. The van der Waals surface area contributed by atoms with Gasteiger partial charge in [-0.15, -0.1) is 0 Å². The molecule has 0 amide bonds. The smallest absolute Gasteiger partial charge is 0.166 e. The molecule has 36 heavy (non-hydrogen) atoms. The second-order valence-corrected chi connectivity index (χ2v) is 11.4. The van der Waals surface area contributed by atoms with Crippen LogP contribution in [0.2, 0.25) is 0 Å². The highest BCUT2D eigenvalue weighted by atomic mass is 19.4. The van der Waals surface area contributed by atoms with Crippen LogP contribution < -0.4 is 0 Å². The molecule has 3 heteroatoms. The number of hydrogen-bond acceptors (Lipinski definition) is 0. The normalized spacial score (nSPS) is 12.6. The standard InChI is InChI=1S/C33H33F3/c1-31(2,3)28-18-12-10-16-24(28)26-20-23(33(34,35)36)21-27(30(26)22-14-8-7-9-15-22)25-17-11-13-19-29(25)32(4,5)6/h7-21H,1-6H3. The lowest BCUT2D eigenvalue weighted by atomic mass is 9.76. The van der Waals surface area contributed by atoms with Crippen LogP contribution in [0, 0.1) is 0 Å². The van der Waals surface area contributed by atoms with Crippen molar-refractivity contribution in [1.29, 1.82) is 0 Å². The minimum absolute atomic E-state index is 0.248. The van der Waals surface area contributed by atoms with Gasteiger partial charge in [-0.1, -0.05) is 120 Å². The molecule has 4 aromatic carbocycles. The van der Waals surface area contributed by atoms with Crippen LogP contribution in [0.25, 0.3) is 33.4 Å². The van der Waals surface area contributed by atoms with Crippen LogP contribution in [0.4, 0.5) is 13.2 Å². The molecule has 0 nitrogen and oxygen atoms in total. The number of benzene rings is 4. The van der Waals surface area contributed by atoms with Crippen molar-refractivity contribution in [3.8, 4) is 33.4 Å². The zero-order valence-corrected chi connectivity index (χ0v) is 21.8. The Morgan fingerprint density at radius 3 is 1.25 bits per heavy atom. The Kier molecular flexibility index (Phi) is 6.64. The average Bonchev–Trinajstić information content (AvgIpc) is 2.82. The first-order valence-corrected chi connectivity index (χ1v) is 12.3. The van der Waals surface area contributed by atoms with E-state index in [1.165, 1.54) is 12.1 Å². The Morgan fingerprint density at radius 2 is 0.861 bits per heavy atom. The summed E-state index contributed by atoms with van der Waals surface area (Å²) in [5.74, 6) is 0. The fourth-order valence-corrected chi connectivity index (χ4v) is 4.89. The fraction of sp³-hybridized carbons (Fsp3) is 0.273. The lowest BCUT2D eigenvalue weighted by Crippen LogP contribution is -2.15. The highest BCUT2D eigenvalue weighted by molar-refractivity contribution is 5.96. The minimum atomic E-state index is -4.48.